The van der Waals surface area contributed by atoms with Crippen LogP contribution in [0.5, 0.6) is 0 Å². The van der Waals surface area contributed by atoms with Crippen molar-refractivity contribution in [3.8, 4) is 0 Å². The summed E-state index contributed by atoms with van der Waals surface area (Å²) < 4.78 is 60.3. The largest absolute Gasteiger partial charge is 0.416 e. The van der Waals surface area contributed by atoms with E-state index in [1.54, 1.807) is 12.1 Å². The molecule has 0 saturated heterocycles. The number of primary sulfonamides is 1. The van der Waals surface area contributed by atoms with Crippen LogP contribution in [0.1, 0.15) is 23.6 Å². The maximum Gasteiger partial charge on any atom is 0.416 e. The van der Waals surface area contributed by atoms with E-state index in [2.05, 4.69) is 15.6 Å². The summed E-state index contributed by atoms with van der Waals surface area (Å²) in [7, 11) is -3.74. The first-order valence-electron chi connectivity index (χ1n) is 8.39. The second-order valence-electron chi connectivity index (χ2n) is 5.93. The van der Waals surface area contributed by atoms with Crippen molar-refractivity contribution in [3.05, 3.63) is 65.2 Å². The SMILES string of the molecule is CCNC(=NCc1ccc(S(N)(=O)=O)cc1)NCc1ccc(C(F)(F)F)cc1.I. The second-order valence-corrected chi connectivity index (χ2v) is 7.49. The van der Waals surface area contributed by atoms with Gasteiger partial charge >= 0.3 is 6.18 Å². The molecule has 0 aliphatic carbocycles. The maximum absolute atomic E-state index is 12.6. The molecule has 4 N–H and O–H groups in total. The predicted molar refractivity (Wildman–Crippen MR) is 116 cm³/mol. The summed E-state index contributed by atoms with van der Waals surface area (Å²) in [5.41, 5.74) is 0.759. The molecular formula is C18H22F3IN4O2S. The molecule has 0 aliphatic rings. The van der Waals surface area contributed by atoms with E-state index in [-0.39, 0.29) is 35.4 Å². The zero-order valence-electron chi connectivity index (χ0n) is 15.5. The van der Waals surface area contributed by atoms with Crippen LogP contribution in [0.25, 0.3) is 0 Å². The summed E-state index contributed by atoms with van der Waals surface area (Å²) >= 11 is 0. The van der Waals surface area contributed by atoms with Crippen molar-refractivity contribution in [1.29, 1.82) is 0 Å². The van der Waals surface area contributed by atoms with Gasteiger partial charge in [-0.25, -0.2) is 18.5 Å². The number of nitrogens with zero attached hydrogens (tertiary/aromatic N) is 1. The van der Waals surface area contributed by atoms with Gasteiger partial charge in [0.25, 0.3) is 0 Å². The summed E-state index contributed by atoms with van der Waals surface area (Å²) in [6, 6.07) is 10.9. The molecule has 0 bridgehead atoms. The quantitative estimate of drug-likeness (QED) is 0.297. The van der Waals surface area contributed by atoms with E-state index < -0.39 is 21.8 Å². The van der Waals surface area contributed by atoms with Gasteiger partial charge in [-0.15, -0.1) is 24.0 Å². The molecule has 0 atom stereocenters. The maximum atomic E-state index is 12.6. The lowest BCUT2D eigenvalue weighted by Crippen LogP contribution is -2.36. The van der Waals surface area contributed by atoms with E-state index in [0.29, 0.717) is 24.6 Å². The zero-order chi connectivity index (χ0) is 20.8. The molecule has 6 nitrogen and oxygen atoms in total. The molecule has 0 aliphatic heterocycles. The number of halogens is 4. The number of guanidine groups is 1. The van der Waals surface area contributed by atoms with Crippen molar-refractivity contribution < 1.29 is 21.6 Å². The second kappa shape index (κ2) is 10.8. The molecular weight excluding hydrogens is 520 g/mol. The number of alkyl halides is 3. The third kappa shape index (κ3) is 8.19. The smallest absolute Gasteiger partial charge is 0.357 e. The minimum atomic E-state index is -4.36. The topological polar surface area (TPSA) is 96.6 Å². The van der Waals surface area contributed by atoms with Gasteiger partial charge in [0, 0.05) is 13.1 Å². The van der Waals surface area contributed by atoms with Crippen LogP contribution in [0.3, 0.4) is 0 Å². The average molecular weight is 542 g/mol. The Morgan fingerprint density at radius 2 is 1.55 bits per heavy atom. The minimum Gasteiger partial charge on any atom is -0.357 e. The normalized spacial score (nSPS) is 12.2. The Morgan fingerprint density at radius 3 is 2.03 bits per heavy atom. The van der Waals surface area contributed by atoms with Crippen molar-refractivity contribution in [2.45, 2.75) is 31.1 Å². The zero-order valence-corrected chi connectivity index (χ0v) is 18.7. The molecule has 29 heavy (non-hydrogen) atoms. The Morgan fingerprint density at radius 1 is 1.00 bits per heavy atom. The van der Waals surface area contributed by atoms with E-state index >= 15 is 0 Å². The molecule has 0 radical (unpaired) electrons. The Bertz CT molecular complexity index is 916. The van der Waals surface area contributed by atoms with Gasteiger partial charge in [0.15, 0.2) is 5.96 Å². The number of nitrogens with one attached hydrogen (secondary N) is 2. The molecule has 0 saturated carbocycles. The van der Waals surface area contributed by atoms with Crippen molar-refractivity contribution in [2.24, 2.45) is 10.1 Å². The Labute approximate surface area is 184 Å². The Hall–Kier alpha value is -1.86. The highest BCUT2D eigenvalue weighted by molar-refractivity contribution is 14.0. The monoisotopic (exact) mass is 542 g/mol. The van der Waals surface area contributed by atoms with E-state index in [1.165, 1.54) is 24.3 Å². The van der Waals surface area contributed by atoms with Gasteiger partial charge in [-0.05, 0) is 42.3 Å². The fraction of sp³-hybridized carbons (Fsp3) is 0.278. The third-order valence-corrected chi connectivity index (χ3v) is 4.69. The van der Waals surface area contributed by atoms with Crippen LogP contribution in [0.4, 0.5) is 13.2 Å². The van der Waals surface area contributed by atoms with Gasteiger partial charge in [-0.1, -0.05) is 24.3 Å². The lowest BCUT2D eigenvalue weighted by Gasteiger charge is -2.12. The van der Waals surface area contributed by atoms with Crippen LogP contribution in [0, 0.1) is 0 Å². The molecule has 0 aromatic heterocycles. The molecule has 0 amide bonds. The number of nitrogens with two attached hydrogens (primary N) is 1. The van der Waals surface area contributed by atoms with Gasteiger partial charge in [0.1, 0.15) is 0 Å². The summed E-state index contributed by atoms with van der Waals surface area (Å²) in [6.07, 6.45) is -4.36. The lowest BCUT2D eigenvalue weighted by atomic mass is 10.1. The molecule has 0 fully saturated rings. The Kier molecular flexibility index (Phi) is 9.36. The molecule has 0 heterocycles. The highest BCUT2D eigenvalue weighted by atomic mass is 127. The van der Waals surface area contributed by atoms with Gasteiger partial charge < -0.3 is 10.6 Å². The Balaban J connectivity index is 0.00000420. The number of benzene rings is 2. The number of hydrogen-bond donors (Lipinski definition) is 3. The predicted octanol–water partition coefficient (Wildman–Crippen LogP) is 3.23. The highest BCUT2D eigenvalue weighted by Crippen LogP contribution is 2.29. The van der Waals surface area contributed by atoms with Gasteiger partial charge in [-0.2, -0.15) is 13.2 Å². The number of rotatable bonds is 6. The van der Waals surface area contributed by atoms with Crippen LogP contribution in [0.15, 0.2) is 58.4 Å². The van der Waals surface area contributed by atoms with Crippen LogP contribution < -0.4 is 15.8 Å². The van der Waals surface area contributed by atoms with Crippen molar-refractivity contribution in [2.75, 3.05) is 6.54 Å². The minimum absolute atomic E-state index is 0. The van der Waals surface area contributed by atoms with Crippen LogP contribution in [-0.4, -0.2) is 20.9 Å². The molecule has 2 rings (SSSR count). The molecule has 0 spiro atoms. The fourth-order valence-electron chi connectivity index (χ4n) is 2.29. The highest BCUT2D eigenvalue weighted by Gasteiger charge is 2.29. The van der Waals surface area contributed by atoms with Crippen LogP contribution in [-0.2, 0) is 29.3 Å². The molecule has 11 heteroatoms. The van der Waals surface area contributed by atoms with Crippen molar-refractivity contribution in [3.63, 3.8) is 0 Å². The van der Waals surface area contributed by atoms with E-state index in [4.69, 9.17) is 5.14 Å². The average Bonchev–Trinajstić information content (AvgIpc) is 2.63. The number of sulfonamides is 1. The molecule has 160 valence electrons. The lowest BCUT2D eigenvalue weighted by molar-refractivity contribution is -0.137. The first-order valence-corrected chi connectivity index (χ1v) is 9.94. The van der Waals surface area contributed by atoms with Crippen molar-refractivity contribution >= 4 is 40.0 Å². The number of aliphatic imine (C=N–C) groups is 1. The van der Waals surface area contributed by atoms with Gasteiger partial charge in [0.2, 0.25) is 10.0 Å². The summed E-state index contributed by atoms with van der Waals surface area (Å²) in [6.45, 7) is 3.07. The summed E-state index contributed by atoms with van der Waals surface area (Å²) in [4.78, 5) is 4.40. The standard InChI is InChI=1S/C18H21F3N4O2S.HI/c1-2-23-17(24-11-13-3-7-15(8-4-13)18(19,20)21)25-12-14-5-9-16(10-6-14)28(22,26)27;/h3-10H,2,11-12H2,1H3,(H2,22,26,27)(H2,23,24,25);1H. The molecule has 2 aromatic rings. The van der Waals surface area contributed by atoms with E-state index in [1.807, 2.05) is 6.92 Å². The first-order chi connectivity index (χ1) is 13.1. The van der Waals surface area contributed by atoms with Gasteiger partial charge in [0.05, 0.1) is 17.0 Å². The summed E-state index contributed by atoms with van der Waals surface area (Å²) in [5, 5.41) is 11.1. The van der Waals surface area contributed by atoms with Gasteiger partial charge in [-0.3, -0.25) is 0 Å². The van der Waals surface area contributed by atoms with E-state index in [0.717, 1.165) is 17.7 Å². The van der Waals surface area contributed by atoms with Crippen LogP contribution >= 0.6 is 24.0 Å². The fourth-order valence-corrected chi connectivity index (χ4v) is 2.81. The molecule has 0 unspecified atom stereocenters. The number of hydrogen-bond acceptors (Lipinski definition) is 3. The molecule has 2 aromatic carbocycles. The summed E-state index contributed by atoms with van der Waals surface area (Å²) in [5.74, 6) is 0.484. The van der Waals surface area contributed by atoms with Crippen LogP contribution in [0.2, 0.25) is 0 Å². The van der Waals surface area contributed by atoms with E-state index in [9.17, 15) is 21.6 Å². The first kappa shape index (κ1) is 25.2. The van der Waals surface area contributed by atoms with Crippen molar-refractivity contribution in [1.82, 2.24) is 10.6 Å². The third-order valence-electron chi connectivity index (χ3n) is 3.76.